The lowest BCUT2D eigenvalue weighted by atomic mass is 9.97. The van der Waals surface area contributed by atoms with Crippen molar-refractivity contribution in [3.05, 3.63) is 59.3 Å². The van der Waals surface area contributed by atoms with Gasteiger partial charge in [-0.15, -0.1) is 0 Å². The maximum atomic E-state index is 14.6. The van der Waals surface area contributed by atoms with Gasteiger partial charge in [-0.2, -0.15) is 0 Å². The molecule has 2 fully saturated rings. The molecule has 1 aromatic carbocycles. The molecule has 5 rings (SSSR count). The zero-order valence-corrected chi connectivity index (χ0v) is 25.2. The molecule has 0 saturated carbocycles. The largest absolute Gasteiger partial charge is 0.389 e. The number of halogens is 1. The Balaban J connectivity index is 1.47. The number of hydrogen-bond acceptors (Lipinski definition) is 5. The average Bonchev–Trinajstić information content (AvgIpc) is 3.52. The lowest BCUT2D eigenvalue weighted by Gasteiger charge is -2.33. The van der Waals surface area contributed by atoms with E-state index in [4.69, 9.17) is 4.74 Å². The van der Waals surface area contributed by atoms with Crippen LogP contribution in [0.1, 0.15) is 68.4 Å². The third-order valence-corrected chi connectivity index (χ3v) is 8.61. The highest BCUT2D eigenvalue weighted by Crippen LogP contribution is 2.33. The van der Waals surface area contributed by atoms with Crippen molar-refractivity contribution in [3.63, 3.8) is 0 Å². The van der Waals surface area contributed by atoms with Gasteiger partial charge in [0.25, 0.3) is 5.91 Å². The summed E-state index contributed by atoms with van der Waals surface area (Å²) in [5.41, 5.74) is 3.05. The molecule has 2 aromatic heterocycles. The van der Waals surface area contributed by atoms with Crippen LogP contribution in [0, 0.1) is 24.6 Å². The molecule has 1 amide bonds. The number of fused-ring (bicyclic) bond motifs is 1. The van der Waals surface area contributed by atoms with Crippen LogP contribution < -0.4 is 0 Å². The minimum Gasteiger partial charge on any atom is -0.389 e. The van der Waals surface area contributed by atoms with E-state index in [0.717, 1.165) is 74.5 Å². The van der Waals surface area contributed by atoms with Gasteiger partial charge in [0.05, 0.1) is 28.6 Å². The summed E-state index contributed by atoms with van der Waals surface area (Å²) in [5.74, 6) is 0.513. The summed E-state index contributed by atoms with van der Waals surface area (Å²) in [6.07, 6.45) is 10.3. The maximum absolute atomic E-state index is 14.6. The molecule has 2 aliphatic heterocycles. The minimum atomic E-state index is -1.08. The second-order valence-electron chi connectivity index (χ2n) is 13.0. The maximum Gasteiger partial charge on any atom is 0.256 e. The number of aliphatic hydroxyl groups is 1. The fourth-order valence-electron chi connectivity index (χ4n) is 6.60. The van der Waals surface area contributed by atoms with Crippen LogP contribution in [0.2, 0.25) is 0 Å². The van der Waals surface area contributed by atoms with Gasteiger partial charge in [0.15, 0.2) is 0 Å². The van der Waals surface area contributed by atoms with Gasteiger partial charge in [-0.05, 0) is 108 Å². The predicted molar refractivity (Wildman–Crippen MR) is 160 cm³/mol. The molecular weight excluding hydrogens is 519 g/mol. The first kappa shape index (κ1) is 29.7. The Kier molecular flexibility index (Phi) is 8.83. The van der Waals surface area contributed by atoms with Crippen molar-refractivity contribution in [1.29, 1.82) is 0 Å². The summed E-state index contributed by atoms with van der Waals surface area (Å²) >= 11 is 0. The van der Waals surface area contributed by atoms with E-state index in [1.165, 1.54) is 24.1 Å². The van der Waals surface area contributed by atoms with Crippen LogP contribution >= 0.6 is 0 Å². The number of benzene rings is 1. The molecule has 0 spiro atoms. The highest BCUT2D eigenvalue weighted by atomic mass is 19.1. The van der Waals surface area contributed by atoms with Crippen molar-refractivity contribution in [2.45, 2.75) is 71.9 Å². The van der Waals surface area contributed by atoms with Crippen molar-refractivity contribution in [1.82, 2.24) is 19.4 Å². The number of carbonyl (C=O) groups is 1. The molecule has 0 unspecified atom stereocenters. The van der Waals surface area contributed by atoms with Gasteiger partial charge in [0, 0.05) is 56.7 Å². The number of pyridine rings is 1. The van der Waals surface area contributed by atoms with Gasteiger partial charge in [-0.3, -0.25) is 9.78 Å². The molecule has 7 nitrogen and oxygen atoms in total. The SMILES string of the molecule is Cc1cncc2c1c(C[C@@H]1CCN(CC3CCOCC3)C1)cn2-c1ccc(F)cc1C(=O)N(CC(C)(C)O)C(C)C. The number of ether oxygens (including phenoxy) is 1. The number of aryl methyl sites for hydroxylation is 1. The first-order valence-corrected chi connectivity index (χ1v) is 15.1. The summed E-state index contributed by atoms with van der Waals surface area (Å²) in [5, 5.41) is 11.7. The van der Waals surface area contributed by atoms with Crippen LogP contribution in [0.3, 0.4) is 0 Å². The van der Waals surface area contributed by atoms with E-state index < -0.39 is 11.4 Å². The van der Waals surface area contributed by atoms with Gasteiger partial charge >= 0.3 is 0 Å². The topological polar surface area (TPSA) is 70.8 Å². The number of nitrogens with zero attached hydrogens (tertiary/aromatic N) is 4. The Morgan fingerprint density at radius 2 is 1.95 bits per heavy atom. The van der Waals surface area contributed by atoms with E-state index in [0.29, 0.717) is 11.6 Å². The number of aromatic nitrogens is 2. The van der Waals surface area contributed by atoms with Crippen molar-refractivity contribution in [2.24, 2.45) is 11.8 Å². The van der Waals surface area contributed by atoms with E-state index in [1.54, 1.807) is 24.8 Å². The highest BCUT2D eigenvalue weighted by Gasteiger charge is 2.30. The van der Waals surface area contributed by atoms with Crippen molar-refractivity contribution < 1.29 is 19.0 Å². The Morgan fingerprint density at radius 1 is 1.20 bits per heavy atom. The Bertz CT molecular complexity index is 1370. The van der Waals surface area contributed by atoms with Gasteiger partial charge in [0.1, 0.15) is 5.82 Å². The van der Waals surface area contributed by atoms with Gasteiger partial charge in [-0.1, -0.05) is 0 Å². The van der Waals surface area contributed by atoms with Crippen molar-refractivity contribution in [2.75, 3.05) is 39.4 Å². The van der Waals surface area contributed by atoms with Gasteiger partial charge in [-0.25, -0.2) is 4.39 Å². The Hall–Kier alpha value is -2.81. The monoisotopic (exact) mass is 564 g/mol. The average molecular weight is 565 g/mol. The lowest BCUT2D eigenvalue weighted by molar-refractivity contribution is 0.0222. The normalized spacial score (nSPS) is 19.0. The molecule has 0 radical (unpaired) electrons. The lowest BCUT2D eigenvalue weighted by Crippen LogP contribution is -2.46. The summed E-state index contributed by atoms with van der Waals surface area (Å²) in [6, 6.07) is 4.23. The molecule has 1 N–H and O–H groups in total. The molecular formula is C33H45FN4O3. The molecule has 8 heteroatoms. The second kappa shape index (κ2) is 12.2. The highest BCUT2D eigenvalue weighted by molar-refractivity contribution is 5.99. The van der Waals surface area contributed by atoms with Crippen LogP contribution in [-0.4, -0.2) is 81.4 Å². The number of hydrogen-bond donors (Lipinski definition) is 1. The van der Waals surface area contributed by atoms with Crippen LogP contribution in [0.15, 0.2) is 36.8 Å². The molecule has 3 aromatic rings. The van der Waals surface area contributed by atoms with Crippen LogP contribution in [0.25, 0.3) is 16.6 Å². The number of amides is 1. The number of carbonyl (C=O) groups excluding carboxylic acids is 1. The molecule has 2 saturated heterocycles. The number of rotatable bonds is 9. The molecule has 222 valence electrons. The molecule has 0 bridgehead atoms. The molecule has 4 heterocycles. The summed E-state index contributed by atoms with van der Waals surface area (Å²) < 4.78 is 22.2. The summed E-state index contributed by atoms with van der Waals surface area (Å²) in [6.45, 7) is 14.5. The van der Waals surface area contributed by atoms with Crippen molar-refractivity contribution >= 4 is 16.8 Å². The fraction of sp³-hybridized carbons (Fsp3) is 0.576. The smallest absolute Gasteiger partial charge is 0.256 e. The van der Waals surface area contributed by atoms with Crippen LogP contribution in [-0.2, 0) is 11.2 Å². The third-order valence-electron chi connectivity index (χ3n) is 8.61. The zero-order valence-electron chi connectivity index (χ0n) is 25.2. The predicted octanol–water partition coefficient (Wildman–Crippen LogP) is 5.39. The van der Waals surface area contributed by atoms with Crippen LogP contribution in [0.5, 0.6) is 0 Å². The van der Waals surface area contributed by atoms with E-state index in [9.17, 15) is 14.3 Å². The molecule has 0 aliphatic carbocycles. The molecule has 41 heavy (non-hydrogen) atoms. The number of likely N-dealkylation sites (tertiary alicyclic amines) is 1. The zero-order chi connectivity index (χ0) is 29.3. The second-order valence-corrected chi connectivity index (χ2v) is 13.0. The van der Waals surface area contributed by atoms with Gasteiger partial charge in [0.2, 0.25) is 0 Å². The van der Waals surface area contributed by atoms with E-state index >= 15 is 0 Å². The van der Waals surface area contributed by atoms with E-state index in [-0.39, 0.29) is 24.1 Å². The van der Waals surface area contributed by atoms with E-state index in [2.05, 4.69) is 23.0 Å². The van der Waals surface area contributed by atoms with Crippen molar-refractivity contribution in [3.8, 4) is 5.69 Å². The molecule has 1 atom stereocenters. The van der Waals surface area contributed by atoms with Crippen LogP contribution in [0.4, 0.5) is 4.39 Å². The minimum absolute atomic E-state index is 0.143. The first-order chi connectivity index (χ1) is 19.5. The quantitative estimate of drug-likeness (QED) is 0.378. The third kappa shape index (κ3) is 6.82. The fourth-order valence-corrected chi connectivity index (χ4v) is 6.60. The van der Waals surface area contributed by atoms with Gasteiger partial charge < -0.3 is 24.2 Å². The summed E-state index contributed by atoms with van der Waals surface area (Å²) in [7, 11) is 0. The molecule has 2 aliphatic rings. The standard InChI is InChI=1S/C33H45FN4O3/c1-22(2)38(21-33(4,5)40)32(39)28-15-27(34)6-7-29(28)37-20-26(31-23(3)16-35-17-30(31)37)14-25-8-11-36(19-25)18-24-9-12-41-13-10-24/h6-7,15-17,20,22,24-25,40H,8-14,18-19,21H2,1-5H3/t25-/m0/s1. The Labute approximate surface area is 243 Å². The van der Waals surface area contributed by atoms with E-state index in [1.807, 2.05) is 30.8 Å². The first-order valence-electron chi connectivity index (χ1n) is 15.1. The Morgan fingerprint density at radius 3 is 2.66 bits per heavy atom. The summed E-state index contributed by atoms with van der Waals surface area (Å²) in [4.78, 5) is 22.6.